The van der Waals surface area contributed by atoms with E-state index >= 15 is 0 Å². The van der Waals surface area contributed by atoms with Gasteiger partial charge in [-0.15, -0.1) is 0 Å². The van der Waals surface area contributed by atoms with Gasteiger partial charge in [0.15, 0.2) is 6.29 Å². The minimum Gasteiger partial charge on any atom is -0.394 e. The SMILES string of the molecule is C/C=C/CC/C=C/CCCC(O)C(O)C(COC1OC(CO)C(O)C(O)C1O)NC(=O)C(O)CCCCCCCCCCCCCCCCCCCCCC. The van der Waals surface area contributed by atoms with Crippen molar-refractivity contribution in [1.29, 1.82) is 0 Å². The van der Waals surface area contributed by atoms with E-state index in [0.717, 1.165) is 32.1 Å². The summed E-state index contributed by atoms with van der Waals surface area (Å²) in [6.07, 6.45) is 25.6. The Kier molecular flexibility index (Phi) is 32.5. The van der Waals surface area contributed by atoms with E-state index in [1.54, 1.807) is 0 Å². The summed E-state index contributed by atoms with van der Waals surface area (Å²) in [6, 6.07) is -1.18. The van der Waals surface area contributed by atoms with Crippen LogP contribution in [0.15, 0.2) is 24.3 Å². The Bertz CT molecular complexity index is 950. The van der Waals surface area contributed by atoms with Crippen molar-refractivity contribution < 1.29 is 50.0 Å². The molecule has 0 radical (unpaired) electrons. The molecule has 1 saturated heterocycles. The van der Waals surface area contributed by atoms with E-state index in [0.29, 0.717) is 19.3 Å². The van der Waals surface area contributed by atoms with Crippen LogP contribution in [-0.4, -0.2) is 110 Å². The van der Waals surface area contributed by atoms with Crippen molar-refractivity contribution in [3.8, 4) is 0 Å². The van der Waals surface area contributed by atoms with Crippen LogP contribution in [0.4, 0.5) is 0 Å². The van der Waals surface area contributed by atoms with Gasteiger partial charge in [0.2, 0.25) is 5.91 Å². The van der Waals surface area contributed by atoms with Crippen LogP contribution < -0.4 is 5.32 Å². The second-order valence-electron chi connectivity index (χ2n) is 15.8. The molecule has 1 fully saturated rings. The molecule has 1 amide bonds. The Morgan fingerprint density at radius 1 is 0.655 bits per heavy atom. The molecule has 55 heavy (non-hydrogen) atoms. The van der Waals surface area contributed by atoms with Crippen molar-refractivity contribution >= 4 is 5.91 Å². The second-order valence-corrected chi connectivity index (χ2v) is 15.8. The van der Waals surface area contributed by atoms with Crippen LogP contribution in [0.3, 0.4) is 0 Å². The summed E-state index contributed by atoms with van der Waals surface area (Å²) in [5, 5.41) is 75.2. The highest BCUT2D eigenvalue weighted by Crippen LogP contribution is 2.23. The summed E-state index contributed by atoms with van der Waals surface area (Å²) < 4.78 is 11.0. The first-order valence-corrected chi connectivity index (χ1v) is 22.2. The Labute approximate surface area is 334 Å². The Morgan fingerprint density at radius 2 is 1.15 bits per heavy atom. The van der Waals surface area contributed by atoms with E-state index in [2.05, 4.69) is 24.4 Å². The third-order valence-electron chi connectivity index (χ3n) is 10.8. The third-order valence-corrected chi connectivity index (χ3v) is 10.8. The normalized spacial score (nSPS) is 22.7. The first-order valence-electron chi connectivity index (χ1n) is 22.2. The minimum atomic E-state index is -1.67. The molecule has 11 heteroatoms. The Morgan fingerprint density at radius 3 is 1.65 bits per heavy atom. The van der Waals surface area contributed by atoms with Crippen LogP contribution in [0.1, 0.15) is 181 Å². The fourth-order valence-corrected chi connectivity index (χ4v) is 7.11. The molecule has 0 aromatic rings. The van der Waals surface area contributed by atoms with Gasteiger partial charge in [-0.05, 0) is 45.4 Å². The van der Waals surface area contributed by atoms with Crippen LogP contribution in [0.2, 0.25) is 0 Å². The summed E-state index contributed by atoms with van der Waals surface area (Å²) in [5.74, 6) is -0.712. The number of carbonyl (C=O) groups excluding carboxylic acids is 1. The van der Waals surface area contributed by atoms with Gasteiger partial charge in [0, 0.05) is 0 Å². The lowest BCUT2D eigenvalue weighted by atomic mass is 9.98. The number of rotatable bonds is 36. The van der Waals surface area contributed by atoms with Crippen LogP contribution in [-0.2, 0) is 14.3 Å². The summed E-state index contributed by atoms with van der Waals surface area (Å²) >= 11 is 0. The fourth-order valence-electron chi connectivity index (χ4n) is 7.11. The smallest absolute Gasteiger partial charge is 0.249 e. The maximum Gasteiger partial charge on any atom is 0.249 e. The highest BCUT2D eigenvalue weighted by atomic mass is 16.7. The van der Waals surface area contributed by atoms with Crippen LogP contribution in [0, 0.1) is 0 Å². The van der Waals surface area contributed by atoms with E-state index < -0.39 is 74.2 Å². The molecular weight excluding hydrogens is 702 g/mol. The highest BCUT2D eigenvalue weighted by molar-refractivity contribution is 5.80. The van der Waals surface area contributed by atoms with Gasteiger partial charge >= 0.3 is 0 Å². The van der Waals surface area contributed by atoms with Crippen LogP contribution >= 0.6 is 0 Å². The largest absolute Gasteiger partial charge is 0.394 e. The topological polar surface area (TPSA) is 189 Å². The molecule has 1 rings (SSSR count). The van der Waals surface area contributed by atoms with Crippen molar-refractivity contribution in [1.82, 2.24) is 5.32 Å². The van der Waals surface area contributed by atoms with Gasteiger partial charge in [-0.1, -0.05) is 160 Å². The Hall–Kier alpha value is -1.41. The number of nitrogens with one attached hydrogen (secondary N) is 1. The number of ether oxygens (including phenoxy) is 2. The predicted octanol–water partition coefficient (Wildman–Crippen LogP) is 6.67. The minimum absolute atomic E-state index is 0.245. The van der Waals surface area contributed by atoms with E-state index in [9.17, 15) is 40.5 Å². The molecule has 1 aliphatic heterocycles. The number of hydrogen-bond acceptors (Lipinski definition) is 10. The molecule has 0 bridgehead atoms. The zero-order valence-electron chi connectivity index (χ0n) is 34.7. The van der Waals surface area contributed by atoms with Gasteiger partial charge in [-0.25, -0.2) is 0 Å². The maximum absolute atomic E-state index is 13.0. The van der Waals surface area contributed by atoms with Crippen LogP contribution in [0.5, 0.6) is 0 Å². The monoisotopic (exact) mass is 786 g/mol. The Balaban J connectivity index is 2.38. The van der Waals surface area contributed by atoms with Crippen molar-refractivity contribution in [2.45, 2.75) is 236 Å². The quantitative estimate of drug-likeness (QED) is 0.0252. The molecule has 324 valence electrons. The molecule has 8 N–H and O–H groups in total. The predicted molar refractivity (Wildman–Crippen MR) is 219 cm³/mol. The van der Waals surface area contributed by atoms with E-state index in [1.165, 1.54) is 103 Å². The highest BCUT2D eigenvalue weighted by Gasteiger charge is 2.44. The molecule has 9 unspecified atom stereocenters. The van der Waals surface area contributed by atoms with Gasteiger partial charge in [0.1, 0.15) is 36.6 Å². The zero-order valence-corrected chi connectivity index (χ0v) is 34.7. The third kappa shape index (κ3) is 24.9. The maximum atomic E-state index is 13.0. The number of hydrogen-bond donors (Lipinski definition) is 8. The van der Waals surface area contributed by atoms with E-state index in [-0.39, 0.29) is 12.8 Å². The molecule has 0 aromatic heterocycles. The molecule has 1 heterocycles. The zero-order chi connectivity index (χ0) is 40.5. The molecule has 9 atom stereocenters. The molecule has 0 saturated carbocycles. The lowest BCUT2D eigenvalue weighted by Crippen LogP contribution is -2.60. The molecular formula is C44H83NO10. The second kappa shape index (κ2) is 34.6. The van der Waals surface area contributed by atoms with Crippen molar-refractivity contribution in [2.24, 2.45) is 0 Å². The van der Waals surface area contributed by atoms with Crippen molar-refractivity contribution in [3.63, 3.8) is 0 Å². The first-order chi connectivity index (χ1) is 26.7. The van der Waals surface area contributed by atoms with Gasteiger partial charge < -0.3 is 50.5 Å². The number of unbranched alkanes of at least 4 members (excludes halogenated alkanes) is 21. The molecule has 0 aromatic carbocycles. The van der Waals surface area contributed by atoms with E-state index in [1.807, 2.05) is 19.1 Å². The van der Waals surface area contributed by atoms with Crippen molar-refractivity contribution in [2.75, 3.05) is 13.2 Å². The van der Waals surface area contributed by atoms with E-state index in [4.69, 9.17) is 9.47 Å². The number of carbonyl (C=O) groups is 1. The molecule has 11 nitrogen and oxygen atoms in total. The standard InChI is InChI=1S/C44H83NO10/c1-3-5-7-9-11-13-14-15-16-17-18-19-20-21-22-23-24-26-28-30-32-37(48)43(53)45-35(34-54-44-42(52)41(51)40(50)38(33-46)55-44)39(49)36(47)31-29-27-25-12-10-8-6-4-2/h4,6,12,25,35-42,44,46-52H,3,5,7-11,13-24,26-34H2,1-2H3,(H,45,53)/b6-4+,25-12+. The van der Waals surface area contributed by atoms with Gasteiger partial charge in [0.05, 0.1) is 25.4 Å². The first kappa shape index (κ1) is 51.6. The fraction of sp³-hybridized carbons (Fsp3) is 0.886. The van der Waals surface area contributed by atoms with Crippen LogP contribution in [0.25, 0.3) is 0 Å². The lowest BCUT2D eigenvalue weighted by molar-refractivity contribution is -0.303. The number of amides is 1. The summed E-state index contributed by atoms with van der Waals surface area (Å²) in [6.45, 7) is 3.17. The number of aliphatic hydroxyl groups excluding tert-OH is 7. The molecule has 1 aliphatic rings. The van der Waals surface area contributed by atoms with Gasteiger partial charge in [-0.2, -0.15) is 0 Å². The molecule has 0 spiro atoms. The van der Waals surface area contributed by atoms with Crippen molar-refractivity contribution in [3.05, 3.63) is 24.3 Å². The molecule has 0 aliphatic carbocycles. The van der Waals surface area contributed by atoms with Gasteiger partial charge in [0.25, 0.3) is 0 Å². The summed E-state index contributed by atoms with van der Waals surface area (Å²) in [4.78, 5) is 13.0. The average molecular weight is 786 g/mol. The lowest BCUT2D eigenvalue weighted by Gasteiger charge is -2.40. The number of aliphatic hydroxyl groups is 7. The van der Waals surface area contributed by atoms with Gasteiger partial charge in [-0.3, -0.25) is 4.79 Å². The summed E-state index contributed by atoms with van der Waals surface area (Å²) in [5.41, 5.74) is 0. The summed E-state index contributed by atoms with van der Waals surface area (Å²) in [7, 11) is 0. The number of allylic oxidation sites excluding steroid dienone is 4. The average Bonchev–Trinajstić information content (AvgIpc) is 3.18.